The van der Waals surface area contributed by atoms with Crippen molar-refractivity contribution in [3.63, 3.8) is 0 Å². The van der Waals surface area contributed by atoms with Gasteiger partial charge in [0.05, 0.1) is 17.3 Å². The minimum absolute atomic E-state index is 0.0591. The van der Waals surface area contributed by atoms with E-state index in [-0.39, 0.29) is 11.9 Å². The summed E-state index contributed by atoms with van der Waals surface area (Å²) in [5.74, 6) is 0.791. The minimum atomic E-state index is 0.0591. The van der Waals surface area contributed by atoms with Crippen LogP contribution in [0.5, 0.6) is 0 Å². The van der Waals surface area contributed by atoms with E-state index >= 15 is 0 Å². The molecule has 1 unspecified atom stereocenters. The maximum absolute atomic E-state index is 7.90. The number of rotatable bonds is 2. The number of anilines is 1. The number of nitrogens with one attached hydrogen (secondary N) is 1. The number of thiophene rings is 1. The number of hydrogen-bond donors (Lipinski definition) is 2. The van der Waals surface area contributed by atoms with Crippen LogP contribution in [0, 0.1) is 19.3 Å². The Bertz CT molecular complexity index is 706. The van der Waals surface area contributed by atoms with Crippen molar-refractivity contribution in [2.45, 2.75) is 33.2 Å². The van der Waals surface area contributed by atoms with Crippen LogP contribution in [0.25, 0.3) is 0 Å². The zero-order valence-electron chi connectivity index (χ0n) is 12.5. The van der Waals surface area contributed by atoms with Gasteiger partial charge >= 0.3 is 0 Å². The van der Waals surface area contributed by atoms with Crippen molar-refractivity contribution in [3.8, 4) is 0 Å². The second kappa shape index (κ2) is 5.11. The predicted molar refractivity (Wildman–Crippen MR) is 86.3 cm³/mol. The van der Waals surface area contributed by atoms with Gasteiger partial charge < -0.3 is 10.6 Å². The third-order valence-electron chi connectivity index (χ3n) is 4.25. The fourth-order valence-electron chi connectivity index (χ4n) is 2.92. The van der Waals surface area contributed by atoms with Crippen LogP contribution in [0.4, 0.5) is 5.82 Å². The number of fused-ring (bicyclic) bond motifs is 1. The molecule has 21 heavy (non-hydrogen) atoms. The molecule has 0 saturated carbocycles. The molecule has 0 aromatic carbocycles. The van der Waals surface area contributed by atoms with E-state index < -0.39 is 0 Å². The molecule has 5 nitrogen and oxygen atoms in total. The first-order valence-electron chi connectivity index (χ1n) is 7.02. The molecule has 2 aromatic heterocycles. The Kier molecular flexibility index (Phi) is 3.41. The van der Waals surface area contributed by atoms with Crippen LogP contribution in [-0.4, -0.2) is 22.6 Å². The summed E-state index contributed by atoms with van der Waals surface area (Å²) in [6.07, 6.45) is 1.00. The topological polar surface area (TPSA) is 78.9 Å². The highest BCUT2D eigenvalue weighted by Gasteiger charge is 2.29. The summed E-state index contributed by atoms with van der Waals surface area (Å²) in [7, 11) is 0. The molecule has 3 N–H and O–H groups in total. The van der Waals surface area contributed by atoms with Gasteiger partial charge in [0, 0.05) is 11.4 Å². The molecule has 0 bridgehead atoms. The molecule has 0 aliphatic carbocycles. The van der Waals surface area contributed by atoms with E-state index in [1.165, 1.54) is 10.4 Å². The van der Waals surface area contributed by atoms with Gasteiger partial charge in [-0.2, -0.15) is 5.10 Å². The van der Waals surface area contributed by atoms with Crippen LogP contribution in [0.15, 0.2) is 11.4 Å². The van der Waals surface area contributed by atoms with E-state index in [1.54, 1.807) is 0 Å². The first-order valence-corrected chi connectivity index (χ1v) is 7.89. The van der Waals surface area contributed by atoms with E-state index in [9.17, 15) is 0 Å². The summed E-state index contributed by atoms with van der Waals surface area (Å²) in [5.41, 5.74) is 9.63. The molecule has 0 saturated heterocycles. The van der Waals surface area contributed by atoms with Crippen molar-refractivity contribution in [1.82, 2.24) is 10.2 Å². The molecule has 0 amide bonds. The lowest BCUT2D eigenvalue weighted by atomic mass is 9.99. The van der Waals surface area contributed by atoms with Crippen LogP contribution in [0.1, 0.15) is 40.2 Å². The molecule has 3 rings (SSSR count). The van der Waals surface area contributed by atoms with Crippen LogP contribution < -0.4 is 10.6 Å². The summed E-state index contributed by atoms with van der Waals surface area (Å²) in [6.45, 7) is 6.90. The Morgan fingerprint density at radius 3 is 2.90 bits per heavy atom. The average Bonchev–Trinajstić information content (AvgIpc) is 2.91. The molecule has 3 heterocycles. The zero-order valence-corrected chi connectivity index (χ0v) is 13.3. The van der Waals surface area contributed by atoms with Crippen LogP contribution in [0.2, 0.25) is 0 Å². The lowest BCUT2D eigenvalue weighted by Crippen LogP contribution is -2.36. The van der Waals surface area contributed by atoms with E-state index in [2.05, 4.69) is 33.5 Å². The van der Waals surface area contributed by atoms with Crippen molar-refractivity contribution in [2.75, 3.05) is 11.4 Å². The second-order valence-electron chi connectivity index (χ2n) is 5.44. The van der Waals surface area contributed by atoms with E-state index in [1.807, 2.05) is 25.2 Å². The van der Waals surface area contributed by atoms with Gasteiger partial charge in [0.15, 0.2) is 5.82 Å². The number of nitrogen functional groups attached to an aromatic ring is 1. The van der Waals surface area contributed by atoms with Crippen molar-refractivity contribution < 1.29 is 0 Å². The highest BCUT2D eigenvalue weighted by Crippen LogP contribution is 2.36. The van der Waals surface area contributed by atoms with Crippen LogP contribution in [0.3, 0.4) is 0 Å². The third-order valence-corrected chi connectivity index (χ3v) is 5.25. The van der Waals surface area contributed by atoms with E-state index in [0.717, 1.165) is 30.0 Å². The third kappa shape index (κ3) is 2.19. The Morgan fingerprint density at radius 1 is 1.43 bits per heavy atom. The lowest BCUT2D eigenvalue weighted by molar-refractivity contribution is 0.618. The minimum Gasteiger partial charge on any atom is -0.384 e. The van der Waals surface area contributed by atoms with E-state index in [0.29, 0.717) is 5.56 Å². The molecule has 110 valence electrons. The maximum Gasteiger partial charge on any atom is 0.163 e. The number of nitrogens with zero attached hydrogens (tertiary/aromatic N) is 3. The maximum atomic E-state index is 7.90. The number of amidine groups is 1. The smallest absolute Gasteiger partial charge is 0.163 e. The van der Waals surface area contributed by atoms with Gasteiger partial charge in [-0.15, -0.1) is 16.4 Å². The zero-order chi connectivity index (χ0) is 15.1. The largest absolute Gasteiger partial charge is 0.384 e. The fraction of sp³-hybridized carbons (Fsp3) is 0.400. The number of nitrogens with two attached hydrogens (primary N) is 1. The second-order valence-corrected chi connectivity index (χ2v) is 6.44. The van der Waals surface area contributed by atoms with E-state index in [4.69, 9.17) is 11.1 Å². The first-order chi connectivity index (χ1) is 10.0. The summed E-state index contributed by atoms with van der Waals surface area (Å²) in [4.78, 5) is 3.66. The molecule has 1 aliphatic heterocycles. The Labute approximate surface area is 128 Å². The molecule has 0 radical (unpaired) electrons. The van der Waals surface area contributed by atoms with Crippen molar-refractivity contribution in [3.05, 3.63) is 38.7 Å². The number of aryl methyl sites for hydroxylation is 1. The molecule has 2 aromatic rings. The summed E-state index contributed by atoms with van der Waals surface area (Å²) in [5, 5.41) is 18.6. The molecular weight excluding hydrogens is 282 g/mol. The molecule has 0 spiro atoms. The van der Waals surface area contributed by atoms with Gasteiger partial charge in [-0.1, -0.05) is 0 Å². The summed E-state index contributed by atoms with van der Waals surface area (Å²) >= 11 is 1.81. The highest BCUT2D eigenvalue weighted by molar-refractivity contribution is 7.10. The molecule has 1 atom stereocenters. The normalized spacial score (nSPS) is 17.7. The lowest BCUT2D eigenvalue weighted by Gasteiger charge is -2.35. The first kappa shape index (κ1) is 14.0. The van der Waals surface area contributed by atoms with Crippen LogP contribution >= 0.6 is 11.3 Å². The van der Waals surface area contributed by atoms with Crippen molar-refractivity contribution >= 4 is 23.0 Å². The van der Waals surface area contributed by atoms with Gasteiger partial charge in [0.2, 0.25) is 0 Å². The Hall–Kier alpha value is -1.95. The van der Waals surface area contributed by atoms with Gasteiger partial charge in [0.25, 0.3) is 0 Å². The van der Waals surface area contributed by atoms with Crippen LogP contribution in [-0.2, 0) is 6.42 Å². The van der Waals surface area contributed by atoms with Crippen molar-refractivity contribution in [1.29, 1.82) is 5.41 Å². The standard InChI is InChI=1S/C15H19N5S/c1-8-9(2)18-19-15(13(8)14(16)17)20-6-4-12-11(10(20)3)5-7-21-12/h5,7,10H,4,6H2,1-3H3,(H3,16,17). The Balaban J connectivity index is 2.10. The summed E-state index contributed by atoms with van der Waals surface area (Å²) < 4.78 is 0. The van der Waals surface area contributed by atoms with Gasteiger partial charge in [-0.05, 0) is 49.8 Å². The fourth-order valence-corrected chi connectivity index (χ4v) is 3.88. The monoisotopic (exact) mass is 301 g/mol. The molecule has 1 aliphatic rings. The van der Waals surface area contributed by atoms with Gasteiger partial charge in [-0.3, -0.25) is 5.41 Å². The summed E-state index contributed by atoms with van der Waals surface area (Å²) in [6, 6.07) is 2.41. The molecule has 6 heteroatoms. The quantitative estimate of drug-likeness (QED) is 0.660. The highest BCUT2D eigenvalue weighted by atomic mass is 32.1. The Morgan fingerprint density at radius 2 is 2.19 bits per heavy atom. The van der Waals surface area contributed by atoms with Gasteiger partial charge in [0.1, 0.15) is 5.84 Å². The number of hydrogen-bond acceptors (Lipinski definition) is 5. The van der Waals surface area contributed by atoms with Gasteiger partial charge in [-0.25, -0.2) is 0 Å². The number of aromatic nitrogens is 2. The SMILES string of the molecule is Cc1nnc(N2CCc3sccc3C2C)c(C(=N)N)c1C. The van der Waals surface area contributed by atoms with Crippen molar-refractivity contribution in [2.24, 2.45) is 5.73 Å². The molecule has 0 fully saturated rings. The predicted octanol–water partition coefficient (Wildman–Crippen LogP) is 2.56. The molecular formula is C15H19N5S. The average molecular weight is 301 g/mol.